The molecule has 0 unspecified atom stereocenters. The predicted molar refractivity (Wildman–Crippen MR) is 91.7 cm³/mol. The van der Waals surface area contributed by atoms with Gasteiger partial charge in [-0.1, -0.05) is 0 Å². The standard InChI is InChI=1S/C17H22N4O4/c1-17(2,3)25-16(24)21(10-9-14-19-18-11-20(14)4)13-7-5-12(6-8-13)15(22)23/h5-8,11H,9-10H2,1-4H3,(H,22,23). The average Bonchev–Trinajstić information content (AvgIpc) is 2.91. The highest BCUT2D eigenvalue weighted by molar-refractivity contribution is 5.91. The number of ether oxygens (including phenoxy) is 1. The van der Waals surface area contributed by atoms with E-state index in [1.165, 1.54) is 17.0 Å². The summed E-state index contributed by atoms with van der Waals surface area (Å²) in [5.41, 5.74) is 0.0730. The number of hydrogen-bond acceptors (Lipinski definition) is 5. The summed E-state index contributed by atoms with van der Waals surface area (Å²) in [5.74, 6) is -0.287. The second-order valence-corrected chi connectivity index (χ2v) is 6.59. The van der Waals surface area contributed by atoms with Crippen LogP contribution in [0.15, 0.2) is 30.6 Å². The molecule has 0 spiro atoms. The minimum atomic E-state index is -1.02. The lowest BCUT2D eigenvalue weighted by atomic mass is 10.2. The van der Waals surface area contributed by atoms with Crippen molar-refractivity contribution in [3.63, 3.8) is 0 Å². The molecule has 2 aromatic rings. The molecule has 0 fully saturated rings. The van der Waals surface area contributed by atoms with Gasteiger partial charge in [0.05, 0.1) is 5.56 Å². The van der Waals surface area contributed by atoms with Gasteiger partial charge in [0.2, 0.25) is 0 Å². The van der Waals surface area contributed by atoms with Crippen molar-refractivity contribution in [3.8, 4) is 0 Å². The minimum Gasteiger partial charge on any atom is -0.478 e. The van der Waals surface area contributed by atoms with E-state index in [0.29, 0.717) is 18.7 Å². The fourth-order valence-corrected chi connectivity index (χ4v) is 2.17. The zero-order chi connectivity index (χ0) is 18.6. The summed E-state index contributed by atoms with van der Waals surface area (Å²) in [6.07, 6.45) is 1.57. The van der Waals surface area contributed by atoms with Gasteiger partial charge < -0.3 is 14.4 Å². The van der Waals surface area contributed by atoms with E-state index in [1.54, 1.807) is 43.8 Å². The quantitative estimate of drug-likeness (QED) is 0.893. The first-order chi connectivity index (χ1) is 11.7. The molecule has 0 aliphatic carbocycles. The van der Waals surface area contributed by atoms with Crippen molar-refractivity contribution in [2.45, 2.75) is 32.8 Å². The Morgan fingerprint density at radius 2 is 1.88 bits per heavy atom. The Kier molecular flexibility index (Phi) is 5.41. The summed E-state index contributed by atoms with van der Waals surface area (Å²) in [4.78, 5) is 25.0. The van der Waals surface area contributed by atoms with Crippen LogP contribution < -0.4 is 4.90 Å². The number of rotatable bonds is 5. The van der Waals surface area contributed by atoms with Gasteiger partial charge in [0.25, 0.3) is 0 Å². The van der Waals surface area contributed by atoms with Crippen LogP contribution in [0.3, 0.4) is 0 Å². The molecular weight excluding hydrogens is 324 g/mol. The van der Waals surface area contributed by atoms with Crippen LogP contribution in [0.1, 0.15) is 37.0 Å². The molecule has 25 heavy (non-hydrogen) atoms. The number of amides is 1. The van der Waals surface area contributed by atoms with Crippen LogP contribution in [-0.2, 0) is 18.2 Å². The van der Waals surface area contributed by atoms with Gasteiger partial charge in [-0.25, -0.2) is 9.59 Å². The lowest BCUT2D eigenvalue weighted by Gasteiger charge is -2.27. The maximum absolute atomic E-state index is 12.6. The van der Waals surface area contributed by atoms with Crippen LogP contribution in [-0.4, -0.2) is 44.1 Å². The second kappa shape index (κ2) is 7.33. The Bertz CT molecular complexity index is 747. The number of hydrogen-bond donors (Lipinski definition) is 1. The molecule has 0 saturated carbocycles. The summed E-state index contributed by atoms with van der Waals surface area (Å²) in [7, 11) is 1.83. The Morgan fingerprint density at radius 1 is 1.24 bits per heavy atom. The molecule has 1 N–H and O–H groups in total. The highest BCUT2D eigenvalue weighted by Crippen LogP contribution is 2.19. The Hall–Kier alpha value is -2.90. The van der Waals surface area contributed by atoms with Crippen molar-refractivity contribution in [2.24, 2.45) is 7.05 Å². The first-order valence-corrected chi connectivity index (χ1v) is 7.84. The molecule has 8 heteroatoms. The second-order valence-electron chi connectivity index (χ2n) is 6.59. The molecule has 0 radical (unpaired) electrons. The van der Waals surface area contributed by atoms with Crippen LogP contribution >= 0.6 is 0 Å². The maximum Gasteiger partial charge on any atom is 0.414 e. The van der Waals surface area contributed by atoms with Gasteiger partial charge in [-0.05, 0) is 45.0 Å². The third-order valence-electron chi connectivity index (χ3n) is 3.40. The van der Waals surface area contributed by atoms with E-state index >= 15 is 0 Å². The number of aromatic carboxylic acids is 1. The number of aryl methyl sites for hydroxylation is 1. The smallest absolute Gasteiger partial charge is 0.414 e. The minimum absolute atomic E-state index is 0.154. The summed E-state index contributed by atoms with van der Waals surface area (Å²) in [6, 6.07) is 6.09. The third-order valence-corrected chi connectivity index (χ3v) is 3.40. The van der Waals surface area contributed by atoms with Crippen LogP contribution in [0, 0.1) is 0 Å². The lowest BCUT2D eigenvalue weighted by Crippen LogP contribution is -2.38. The molecule has 0 atom stereocenters. The van der Waals surface area contributed by atoms with Gasteiger partial charge in [-0.2, -0.15) is 0 Å². The number of carbonyl (C=O) groups is 2. The van der Waals surface area contributed by atoms with Crippen molar-refractivity contribution in [2.75, 3.05) is 11.4 Å². The highest BCUT2D eigenvalue weighted by Gasteiger charge is 2.24. The van der Waals surface area contributed by atoms with Crippen LogP contribution in [0.2, 0.25) is 0 Å². The first-order valence-electron chi connectivity index (χ1n) is 7.84. The number of aromatic nitrogens is 3. The van der Waals surface area contributed by atoms with Crippen molar-refractivity contribution in [3.05, 3.63) is 42.0 Å². The molecule has 1 amide bonds. The highest BCUT2D eigenvalue weighted by atomic mass is 16.6. The van der Waals surface area contributed by atoms with E-state index in [9.17, 15) is 9.59 Å². The number of anilines is 1. The lowest BCUT2D eigenvalue weighted by molar-refractivity contribution is 0.0580. The normalized spacial score (nSPS) is 11.2. The zero-order valence-corrected chi connectivity index (χ0v) is 14.8. The molecule has 0 bridgehead atoms. The van der Waals surface area contributed by atoms with Crippen LogP contribution in [0.25, 0.3) is 0 Å². The van der Waals surface area contributed by atoms with E-state index in [4.69, 9.17) is 9.84 Å². The van der Waals surface area contributed by atoms with Gasteiger partial charge in [-0.15, -0.1) is 10.2 Å². The first kappa shape index (κ1) is 18.4. The van der Waals surface area contributed by atoms with Gasteiger partial charge in [0.15, 0.2) is 0 Å². The van der Waals surface area contributed by atoms with Crippen LogP contribution in [0.5, 0.6) is 0 Å². The zero-order valence-electron chi connectivity index (χ0n) is 14.8. The predicted octanol–water partition coefficient (Wildman–Crippen LogP) is 2.50. The number of benzene rings is 1. The molecule has 0 aliphatic rings. The summed E-state index contributed by atoms with van der Waals surface area (Å²) in [6.45, 7) is 5.70. The van der Waals surface area contributed by atoms with Gasteiger partial charge in [-0.3, -0.25) is 4.90 Å². The fraction of sp³-hybridized carbons (Fsp3) is 0.412. The van der Waals surface area contributed by atoms with Crippen molar-refractivity contribution in [1.29, 1.82) is 0 Å². The monoisotopic (exact) mass is 346 g/mol. The Balaban J connectivity index is 2.22. The summed E-state index contributed by atoms with van der Waals surface area (Å²) >= 11 is 0. The molecule has 0 saturated heterocycles. The SMILES string of the molecule is Cn1cnnc1CCN(C(=O)OC(C)(C)C)c1ccc(C(=O)O)cc1. The molecular formula is C17H22N4O4. The van der Waals surface area contributed by atoms with Crippen molar-refractivity contribution < 1.29 is 19.4 Å². The van der Waals surface area contributed by atoms with E-state index < -0.39 is 17.7 Å². The van der Waals surface area contributed by atoms with Crippen molar-refractivity contribution >= 4 is 17.7 Å². The number of carboxylic acid groups (broad SMARTS) is 1. The third kappa shape index (κ3) is 5.03. The molecule has 2 rings (SSSR count). The number of carboxylic acids is 1. The molecule has 0 aliphatic heterocycles. The van der Waals surface area contributed by atoms with Crippen LogP contribution in [0.4, 0.5) is 10.5 Å². The summed E-state index contributed by atoms with van der Waals surface area (Å²) < 4.78 is 7.24. The number of nitrogens with zero attached hydrogens (tertiary/aromatic N) is 4. The molecule has 8 nitrogen and oxygen atoms in total. The topological polar surface area (TPSA) is 97.5 Å². The largest absolute Gasteiger partial charge is 0.478 e. The van der Waals surface area contributed by atoms with E-state index in [0.717, 1.165) is 5.82 Å². The van der Waals surface area contributed by atoms with Crippen molar-refractivity contribution in [1.82, 2.24) is 14.8 Å². The fourth-order valence-electron chi connectivity index (χ4n) is 2.17. The Morgan fingerprint density at radius 3 is 2.36 bits per heavy atom. The van der Waals surface area contributed by atoms with E-state index in [1.807, 2.05) is 7.05 Å². The molecule has 1 aromatic carbocycles. The number of carbonyl (C=O) groups excluding carboxylic acids is 1. The van der Waals surface area contributed by atoms with Gasteiger partial charge in [0.1, 0.15) is 17.8 Å². The average molecular weight is 346 g/mol. The van der Waals surface area contributed by atoms with E-state index in [2.05, 4.69) is 10.2 Å². The Labute approximate surface area is 146 Å². The van der Waals surface area contributed by atoms with Gasteiger partial charge in [0, 0.05) is 25.7 Å². The molecule has 1 aromatic heterocycles. The van der Waals surface area contributed by atoms with E-state index in [-0.39, 0.29) is 5.56 Å². The van der Waals surface area contributed by atoms with Gasteiger partial charge >= 0.3 is 12.1 Å². The summed E-state index contributed by atoms with van der Waals surface area (Å²) in [5, 5.41) is 16.8. The molecule has 134 valence electrons. The molecule has 1 heterocycles. The maximum atomic E-state index is 12.6.